The first-order valence-electron chi connectivity index (χ1n) is 9.71. The Kier molecular flexibility index (Phi) is 7.31. The minimum absolute atomic E-state index is 1.07. The highest BCUT2D eigenvalue weighted by atomic mass is 14.8. The van der Waals surface area contributed by atoms with Gasteiger partial charge in [-0.15, -0.1) is 0 Å². The summed E-state index contributed by atoms with van der Waals surface area (Å²) in [5, 5.41) is 5.70. The second kappa shape index (κ2) is 9.46. The molecule has 0 aromatic heterocycles. The first kappa shape index (κ1) is 19.3. The van der Waals surface area contributed by atoms with Crippen molar-refractivity contribution in [3.05, 3.63) is 69.1 Å². The highest BCUT2D eigenvalue weighted by molar-refractivity contribution is 5.68. The zero-order valence-corrected chi connectivity index (χ0v) is 16.4. The standard InChI is InChI=1S/C24H33N/c1-6-8-9-14-21-17-23(19(4)16-20(21)12-7-2)24(25-5)22-15-11-10-13-18(22)3/h10-11,13,15-17,25H,3,6-9,12,14H2,1-2,4-5H3/b24-22+. The van der Waals surface area contributed by atoms with Gasteiger partial charge in [-0.2, -0.15) is 0 Å². The Labute approximate surface area is 153 Å². The van der Waals surface area contributed by atoms with Gasteiger partial charge in [0, 0.05) is 23.5 Å². The van der Waals surface area contributed by atoms with Gasteiger partial charge in [0.25, 0.3) is 0 Å². The Morgan fingerprint density at radius 1 is 0.960 bits per heavy atom. The average Bonchev–Trinajstić information content (AvgIpc) is 2.60. The molecule has 25 heavy (non-hydrogen) atoms. The van der Waals surface area contributed by atoms with Gasteiger partial charge in [-0.1, -0.05) is 70.0 Å². The summed E-state index contributed by atoms with van der Waals surface area (Å²) in [5.74, 6) is 0. The molecular formula is C24H33N. The summed E-state index contributed by atoms with van der Waals surface area (Å²) >= 11 is 0. The van der Waals surface area contributed by atoms with Crippen LogP contribution in [0.5, 0.6) is 0 Å². The van der Waals surface area contributed by atoms with Gasteiger partial charge in [0.1, 0.15) is 0 Å². The fourth-order valence-corrected chi connectivity index (χ4v) is 3.56. The van der Waals surface area contributed by atoms with Crippen molar-refractivity contribution in [3.8, 4) is 0 Å². The molecule has 0 spiro atoms. The maximum atomic E-state index is 4.21. The topological polar surface area (TPSA) is 12.0 Å². The summed E-state index contributed by atoms with van der Waals surface area (Å²) in [5.41, 5.74) is 6.88. The van der Waals surface area contributed by atoms with Crippen LogP contribution in [0.15, 0.2) is 36.4 Å². The molecule has 0 aliphatic carbocycles. The molecule has 2 rings (SSSR count). The summed E-state index contributed by atoms with van der Waals surface area (Å²) in [6, 6.07) is 13.2. The van der Waals surface area contributed by atoms with E-state index < -0.39 is 0 Å². The molecular weight excluding hydrogens is 302 g/mol. The molecule has 0 aliphatic rings. The minimum Gasteiger partial charge on any atom is -0.387 e. The van der Waals surface area contributed by atoms with Crippen LogP contribution >= 0.6 is 0 Å². The van der Waals surface area contributed by atoms with Crippen molar-refractivity contribution in [2.75, 3.05) is 7.05 Å². The first-order valence-corrected chi connectivity index (χ1v) is 9.71. The molecule has 0 unspecified atom stereocenters. The van der Waals surface area contributed by atoms with E-state index in [9.17, 15) is 0 Å². The molecule has 134 valence electrons. The molecule has 2 aromatic carbocycles. The van der Waals surface area contributed by atoms with Crippen LogP contribution in [0.4, 0.5) is 0 Å². The molecule has 2 aromatic rings. The Bertz CT molecular complexity index is 801. The number of benzene rings is 2. The Balaban J connectivity index is 2.60. The van der Waals surface area contributed by atoms with Crippen LogP contribution in [0.25, 0.3) is 12.3 Å². The van der Waals surface area contributed by atoms with E-state index in [-0.39, 0.29) is 0 Å². The van der Waals surface area contributed by atoms with E-state index in [4.69, 9.17) is 0 Å². The highest BCUT2D eigenvalue weighted by Crippen LogP contribution is 2.23. The average molecular weight is 336 g/mol. The van der Waals surface area contributed by atoms with Crippen LogP contribution in [0.2, 0.25) is 0 Å². The molecule has 0 fully saturated rings. The normalized spacial score (nSPS) is 12.2. The third kappa shape index (κ3) is 4.75. The van der Waals surface area contributed by atoms with Gasteiger partial charge in [0.2, 0.25) is 0 Å². The van der Waals surface area contributed by atoms with Gasteiger partial charge >= 0.3 is 0 Å². The van der Waals surface area contributed by atoms with Crippen LogP contribution < -0.4 is 15.8 Å². The van der Waals surface area contributed by atoms with Gasteiger partial charge in [-0.05, 0) is 54.2 Å². The van der Waals surface area contributed by atoms with Crippen molar-refractivity contribution in [3.63, 3.8) is 0 Å². The largest absolute Gasteiger partial charge is 0.387 e. The predicted molar refractivity (Wildman–Crippen MR) is 111 cm³/mol. The lowest BCUT2D eigenvalue weighted by Gasteiger charge is -2.17. The van der Waals surface area contributed by atoms with E-state index in [1.54, 1.807) is 0 Å². The maximum absolute atomic E-state index is 4.21. The second-order valence-corrected chi connectivity index (χ2v) is 6.93. The van der Waals surface area contributed by atoms with E-state index in [1.807, 2.05) is 13.1 Å². The first-order chi connectivity index (χ1) is 12.1. The predicted octanol–water partition coefficient (Wildman–Crippen LogP) is 4.47. The SMILES string of the molecule is C=c1cccc/c1=C(\NC)c1cc(CCCCC)c(CCC)cc1C. The summed E-state index contributed by atoms with van der Waals surface area (Å²) in [6.45, 7) is 11.0. The number of nitrogens with one attached hydrogen (secondary N) is 1. The third-order valence-corrected chi connectivity index (χ3v) is 4.92. The molecule has 1 N–H and O–H groups in total. The van der Waals surface area contributed by atoms with Crippen molar-refractivity contribution >= 4 is 12.3 Å². The van der Waals surface area contributed by atoms with Crippen molar-refractivity contribution in [2.45, 2.75) is 59.3 Å². The monoisotopic (exact) mass is 335 g/mol. The van der Waals surface area contributed by atoms with E-state index in [0.29, 0.717) is 0 Å². The van der Waals surface area contributed by atoms with Gasteiger partial charge in [-0.3, -0.25) is 0 Å². The molecule has 0 saturated carbocycles. The van der Waals surface area contributed by atoms with Gasteiger partial charge in [0.05, 0.1) is 0 Å². The molecule has 1 heteroatoms. The smallest absolute Gasteiger partial charge is 0.0493 e. The molecule has 0 saturated heterocycles. The quantitative estimate of drug-likeness (QED) is 0.702. The van der Waals surface area contributed by atoms with E-state index in [0.717, 1.165) is 5.22 Å². The number of hydrogen-bond acceptors (Lipinski definition) is 1. The Morgan fingerprint density at radius 2 is 1.68 bits per heavy atom. The van der Waals surface area contributed by atoms with E-state index in [2.05, 4.69) is 63.0 Å². The summed E-state index contributed by atoms with van der Waals surface area (Å²) in [6.07, 6.45) is 7.40. The minimum atomic E-state index is 1.07. The van der Waals surface area contributed by atoms with E-state index in [1.165, 1.54) is 71.7 Å². The van der Waals surface area contributed by atoms with Crippen molar-refractivity contribution < 1.29 is 0 Å². The van der Waals surface area contributed by atoms with Crippen LogP contribution in [0, 0.1) is 6.92 Å². The highest BCUT2D eigenvalue weighted by Gasteiger charge is 2.11. The number of aryl methyl sites for hydroxylation is 3. The second-order valence-electron chi connectivity index (χ2n) is 6.93. The molecule has 0 atom stereocenters. The Hall–Kier alpha value is -2.02. The summed E-state index contributed by atoms with van der Waals surface area (Å²) in [4.78, 5) is 0. The maximum Gasteiger partial charge on any atom is 0.0493 e. The van der Waals surface area contributed by atoms with Crippen molar-refractivity contribution in [2.24, 2.45) is 0 Å². The molecule has 0 amide bonds. The fourth-order valence-electron chi connectivity index (χ4n) is 3.56. The fraction of sp³-hybridized carbons (Fsp3) is 0.417. The molecule has 1 nitrogen and oxygen atoms in total. The van der Waals surface area contributed by atoms with Gasteiger partial charge < -0.3 is 5.32 Å². The van der Waals surface area contributed by atoms with Gasteiger partial charge in [0.15, 0.2) is 0 Å². The van der Waals surface area contributed by atoms with Crippen molar-refractivity contribution in [1.29, 1.82) is 0 Å². The van der Waals surface area contributed by atoms with Crippen LogP contribution in [0.3, 0.4) is 0 Å². The summed E-state index contributed by atoms with van der Waals surface area (Å²) in [7, 11) is 2.01. The van der Waals surface area contributed by atoms with Gasteiger partial charge in [-0.25, -0.2) is 0 Å². The number of hydrogen-bond donors (Lipinski definition) is 1. The summed E-state index contributed by atoms with van der Waals surface area (Å²) < 4.78 is 0. The van der Waals surface area contributed by atoms with Crippen LogP contribution in [-0.2, 0) is 12.8 Å². The molecule has 0 aliphatic heterocycles. The number of rotatable bonds is 8. The molecule has 0 heterocycles. The molecule has 0 radical (unpaired) electrons. The number of unbranched alkanes of at least 4 members (excludes halogenated alkanes) is 2. The zero-order valence-electron chi connectivity index (χ0n) is 16.4. The Morgan fingerprint density at radius 3 is 2.32 bits per heavy atom. The lowest BCUT2D eigenvalue weighted by Crippen LogP contribution is -2.30. The van der Waals surface area contributed by atoms with Crippen LogP contribution in [-0.4, -0.2) is 7.05 Å². The van der Waals surface area contributed by atoms with Crippen LogP contribution in [0.1, 0.15) is 61.8 Å². The molecule has 0 bridgehead atoms. The van der Waals surface area contributed by atoms with E-state index >= 15 is 0 Å². The third-order valence-electron chi connectivity index (χ3n) is 4.92. The zero-order chi connectivity index (χ0) is 18.2. The lowest BCUT2D eigenvalue weighted by atomic mass is 9.91. The van der Waals surface area contributed by atoms with Crippen molar-refractivity contribution in [1.82, 2.24) is 5.32 Å². The lowest BCUT2D eigenvalue weighted by molar-refractivity contribution is 0.711.